The van der Waals surface area contributed by atoms with Crippen LogP contribution in [-0.2, 0) is 21.4 Å². The SMILES string of the molecule is Cc1cnn(CC(=O)Nc2ccc(S(=O)(=O)N3CC(C)CC(C)C3)cc2)c1. The van der Waals surface area contributed by atoms with Crippen molar-refractivity contribution in [1.29, 1.82) is 0 Å². The van der Waals surface area contributed by atoms with Gasteiger partial charge in [-0.2, -0.15) is 9.40 Å². The second-order valence-electron chi connectivity index (χ2n) is 7.56. The molecule has 7 nitrogen and oxygen atoms in total. The van der Waals surface area contributed by atoms with E-state index in [-0.39, 0.29) is 17.3 Å². The average molecular weight is 391 g/mol. The number of hydrogen-bond donors (Lipinski definition) is 1. The Labute approximate surface area is 160 Å². The fraction of sp³-hybridized carbons (Fsp3) is 0.474. The molecule has 2 aromatic rings. The highest BCUT2D eigenvalue weighted by Crippen LogP contribution is 2.27. The van der Waals surface area contributed by atoms with E-state index in [2.05, 4.69) is 24.3 Å². The Morgan fingerprint density at radius 3 is 2.37 bits per heavy atom. The van der Waals surface area contributed by atoms with Crippen LogP contribution in [0.15, 0.2) is 41.6 Å². The van der Waals surface area contributed by atoms with Crippen molar-refractivity contribution in [2.24, 2.45) is 11.8 Å². The number of carbonyl (C=O) groups is 1. The lowest BCUT2D eigenvalue weighted by atomic mass is 9.94. The number of amides is 1. The minimum atomic E-state index is -3.51. The zero-order chi connectivity index (χ0) is 19.6. The first-order chi connectivity index (χ1) is 12.7. The standard InChI is InChI=1S/C19H26N4O3S/c1-14-8-15(2)12-23(11-14)27(25,26)18-6-4-17(5-7-18)21-19(24)13-22-10-16(3)9-20-22/h4-7,9-10,14-15H,8,11-13H2,1-3H3,(H,21,24). The molecule has 1 aromatic carbocycles. The van der Waals surface area contributed by atoms with Crippen LogP contribution in [0, 0.1) is 18.8 Å². The highest BCUT2D eigenvalue weighted by atomic mass is 32.2. The highest BCUT2D eigenvalue weighted by Gasteiger charge is 2.31. The number of rotatable bonds is 5. The van der Waals surface area contributed by atoms with Crippen molar-refractivity contribution in [2.75, 3.05) is 18.4 Å². The normalized spacial score (nSPS) is 21.1. The van der Waals surface area contributed by atoms with Gasteiger partial charge in [-0.15, -0.1) is 0 Å². The third-order valence-corrected chi connectivity index (χ3v) is 6.53. The molecular weight excluding hydrogens is 364 g/mol. The molecule has 0 radical (unpaired) electrons. The first kappa shape index (κ1) is 19.6. The number of hydrogen-bond acceptors (Lipinski definition) is 4. The van der Waals surface area contributed by atoms with Crippen LogP contribution in [0.2, 0.25) is 0 Å². The van der Waals surface area contributed by atoms with Gasteiger partial charge in [0.2, 0.25) is 15.9 Å². The Kier molecular flexibility index (Phi) is 5.67. The summed E-state index contributed by atoms with van der Waals surface area (Å²) in [5.41, 5.74) is 1.54. The quantitative estimate of drug-likeness (QED) is 0.850. The van der Waals surface area contributed by atoms with Crippen molar-refractivity contribution >= 4 is 21.6 Å². The van der Waals surface area contributed by atoms with E-state index in [4.69, 9.17) is 0 Å². The van der Waals surface area contributed by atoms with Gasteiger partial charge in [0.1, 0.15) is 6.54 Å². The molecule has 2 unspecified atom stereocenters. The zero-order valence-corrected chi connectivity index (χ0v) is 16.7. The molecule has 1 saturated heterocycles. The number of nitrogens with one attached hydrogen (secondary N) is 1. The number of nitrogens with zero attached hydrogens (tertiary/aromatic N) is 3. The Hall–Kier alpha value is -2.19. The molecule has 1 N–H and O–H groups in total. The maximum Gasteiger partial charge on any atom is 0.246 e. The van der Waals surface area contributed by atoms with Gasteiger partial charge < -0.3 is 5.32 Å². The lowest BCUT2D eigenvalue weighted by Gasteiger charge is -2.34. The van der Waals surface area contributed by atoms with E-state index in [1.54, 1.807) is 45.6 Å². The van der Waals surface area contributed by atoms with Crippen LogP contribution in [-0.4, -0.2) is 41.5 Å². The molecule has 1 fully saturated rings. The van der Waals surface area contributed by atoms with Crippen LogP contribution in [0.1, 0.15) is 25.8 Å². The fourth-order valence-electron chi connectivity index (χ4n) is 3.56. The molecule has 0 bridgehead atoms. The van der Waals surface area contributed by atoms with Gasteiger partial charge in [0.15, 0.2) is 0 Å². The van der Waals surface area contributed by atoms with Crippen molar-refractivity contribution in [3.8, 4) is 0 Å². The van der Waals surface area contributed by atoms with Crippen LogP contribution in [0.3, 0.4) is 0 Å². The number of aryl methyl sites for hydroxylation is 1. The van der Waals surface area contributed by atoms with E-state index in [1.807, 2.05) is 6.92 Å². The van der Waals surface area contributed by atoms with E-state index in [0.29, 0.717) is 30.6 Å². The fourth-order valence-corrected chi connectivity index (χ4v) is 5.24. The predicted molar refractivity (Wildman–Crippen MR) is 104 cm³/mol. The third-order valence-electron chi connectivity index (χ3n) is 4.68. The maximum absolute atomic E-state index is 12.9. The van der Waals surface area contributed by atoms with Gasteiger partial charge in [0, 0.05) is 25.0 Å². The van der Waals surface area contributed by atoms with Gasteiger partial charge in [-0.25, -0.2) is 8.42 Å². The largest absolute Gasteiger partial charge is 0.324 e. The molecule has 146 valence electrons. The molecule has 1 amide bonds. The molecule has 0 saturated carbocycles. The van der Waals surface area contributed by atoms with Crippen LogP contribution >= 0.6 is 0 Å². The Bertz CT molecular complexity index is 895. The van der Waals surface area contributed by atoms with Gasteiger partial charge in [-0.3, -0.25) is 9.48 Å². The average Bonchev–Trinajstić information content (AvgIpc) is 2.99. The van der Waals surface area contributed by atoms with Crippen LogP contribution < -0.4 is 5.32 Å². The van der Waals surface area contributed by atoms with Crippen molar-refractivity contribution in [2.45, 2.75) is 38.6 Å². The van der Waals surface area contributed by atoms with Crippen molar-refractivity contribution in [3.63, 3.8) is 0 Å². The van der Waals surface area contributed by atoms with Crippen LogP contribution in [0.4, 0.5) is 5.69 Å². The molecule has 0 aliphatic carbocycles. The second kappa shape index (κ2) is 7.82. The highest BCUT2D eigenvalue weighted by molar-refractivity contribution is 7.89. The lowest BCUT2D eigenvalue weighted by Crippen LogP contribution is -2.42. The minimum absolute atomic E-state index is 0.109. The number of aromatic nitrogens is 2. The number of anilines is 1. The van der Waals surface area contributed by atoms with Crippen LogP contribution in [0.5, 0.6) is 0 Å². The van der Waals surface area contributed by atoms with E-state index in [9.17, 15) is 13.2 Å². The van der Waals surface area contributed by atoms with E-state index >= 15 is 0 Å². The number of benzene rings is 1. The molecule has 1 aromatic heterocycles. The molecular formula is C19H26N4O3S. The molecule has 2 atom stereocenters. The Morgan fingerprint density at radius 1 is 1.19 bits per heavy atom. The van der Waals surface area contributed by atoms with Gasteiger partial charge >= 0.3 is 0 Å². The molecule has 3 rings (SSSR count). The zero-order valence-electron chi connectivity index (χ0n) is 15.9. The second-order valence-corrected chi connectivity index (χ2v) is 9.49. The summed E-state index contributed by atoms with van der Waals surface area (Å²) in [7, 11) is -3.51. The monoisotopic (exact) mass is 390 g/mol. The number of sulfonamides is 1. The molecule has 2 heterocycles. The van der Waals surface area contributed by atoms with Crippen molar-refractivity contribution < 1.29 is 13.2 Å². The summed E-state index contributed by atoms with van der Waals surface area (Å²) in [6, 6.07) is 6.34. The van der Waals surface area contributed by atoms with Crippen molar-refractivity contribution in [1.82, 2.24) is 14.1 Å². The molecule has 8 heteroatoms. The van der Waals surface area contributed by atoms with E-state index in [0.717, 1.165) is 12.0 Å². The summed E-state index contributed by atoms with van der Waals surface area (Å²) >= 11 is 0. The third kappa shape index (κ3) is 4.75. The van der Waals surface area contributed by atoms with Gasteiger partial charge in [-0.05, 0) is 55.0 Å². The summed E-state index contributed by atoms with van der Waals surface area (Å²) in [6.07, 6.45) is 4.53. The molecule has 0 spiro atoms. The summed E-state index contributed by atoms with van der Waals surface area (Å²) in [6.45, 7) is 7.28. The van der Waals surface area contributed by atoms with Gasteiger partial charge in [0.05, 0.1) is 11.1 Å². The molecule has 1 aliphatic rings. The summed E-state index contributed by atoms with van der Waals surface area (Å²) in [5, 5.41) is 6.84. The van der Waals surface area contributed by atoms with Crippen molar-refractivity contribution in [3.05, 3.63) is 42.2 Å². The summed E-state index contributed by atoms with van der Waals surface area (Å²) in [4.78, 5) is 12.3. The summed E-state index contributed by atoms with van der Waals surface area (Å²) in [5.74, 6) is 0.494. The van der Waals surface area contributed by atoms with Crippen LogP contribution in [0.25, 0.3) is 0 Å². The van der Waals surface area contributed by atoms with E-state index in [1.165, 1.54) is 0 Å². The number of piperidine rings is 1. The van der Waals surface area contributed by atoms with E-state index < -0.39 is 10.0 Å². The minimum Gasteiger partial charge on any atom is -0.324 e. The predicted octanol–water partition coefficient (Wildman–Crippen LogP) is 2.50. The Morgan fingerprint density at radius 2 is 1.81 bits per heavy atom. The smallest absolute Gasteiger partial charge is 0.246 e. The van der Waals surface area contributed by atoms with Gasteiger partial charge in [0.25, 0.3) is 0 Å². The summed E-state index contributed by atoms with van der Waals surface area (Å²) < 4.78 is 28.9. The molecule has 27 heavy (non-hydrogen) atoms. The molecule has 1 aliphatic heterocycles. The first-order valence-corrected chi connectivity index (χ1v) is 10.6. The maximum atomic E-state index is 12.9. The first-order valence-electron chi connectivity index (χ1n) is 9.13. The number of carbonyl (C=O) groups excluding carboxylic acids is 1. The lowest BCUT2D eigenvalue weighted by molar-refractivity contribution is -0.116. The topological polar surface area (TPSA) is 84.3 Å². The van der Waals surface area contributed by atoms with Gasteiger partial charge in [-0.1, -0.05) is 13.8 Å². The Balaban J connectivity index is 1.66.